The Morgan fingerprint density at radius 2 is 1.96 bits per heavy atom. The number of piperidine rings is 1. The Labute approximate surface area is 155 Å². The summed E-state index contributed by atoms with van der Waals surface area (Å²) in [7, 11) is 0. The topological polar surface area (TPSA) is 96.3 Å². The van der Waals surface area contributed by atoms with Crippen LogP contribution < -0.4 is 10.6 Å². The summed E-state index contributed by atoms with van der Waals surface area (Å²) >= 11 is 0. The monoisotopic (exact) mass is 365 g/mol. The Morgan fingerprint density at radius 3 is 2.70 bits per heavy atom. The molecule has 4 heterocycles. The Hall–Kier alpha value is -3.00. The first-order chi connectivity index (χ1) is 13.1. The van der Waals surface area contributed by atoms with Crippen LogP contribution in [0.15, 0.2) is 30.6 Å². The molecule has 1 unspecified atom stereocenters. The first-order valence-electron chi connectivity index (χ1n) is 9.13. The second kappa shape index (κ2) is 6.02. The largest absolute Gasteiger partial charge is 0.322 e. The third-order valence-corrected chi connectivity index (χ3v) is 5.59. The summed E-state index contributed by atoms with van der Waals surface area (Å²) in [5, 5.41) is 10.0. The highest BCUT2D eigenvalue weighted by Crippen LogP contribution is 2.31. The first kappa shape index (κ1) is 16.2. The predicted molar refractivity (Wildman–Crippen MR) is 95.6 cm³/mol. The van der Waals surface area contributed by atoms with Gasteiger partial charge in [-0.3, -0.25) is 24.4 Å². The number of benzene rings is 1. The van der Waals surface area contributed by atoms with E-state index in [1.54, 1.807) is 4.90 Å². The molecular formula is C19H19N5O3. The quantitative estimate of drug-likeness (QED) is 0.770. The molecular weight excluding hydrogens is 346 g/mol. The number of carbonyl (C=O) groups excluding carboxylic acids is 3. The fraction of sp³-hybridized carbons (Fsp3) is 0.368. The molecule has 1 atom stereocenters. The number of nitrogens with one attached hydrogen (secondary N) is 2. The van der Waals surface area contributed by atoms with Crippen LogP contribution >= 0.6 is 0 Å². The fourth-order valence-corrected chi connectivity index (χ4v) is 3.90. The van der Waals surface area contributed by atoms with Crippen LogP contribution in [0.3, 0.4) is 0 Å². The molecule has 0 bridgehead atoms. The molecule has 27 heavy (non-hydrogen) atoms. The van der Waals surface area contributed by atoms with Gasteiger partial charge in [-0.25, -0.2) is 0 Å². The van der Waals surface area contributed by atoms with Gasteiger partial charge >= 0.3 is 0 Å². The molecule has 0 saturated carbocycles. The molecule has 2 saturated heterocycles. The van der Waals surface area contributed by atoms with E-state index in [1.807, 2.05) is 35.3 Å². The van der Waals surface area contributed by atoms with Crippen molar-refractivity contribution >= 4 is 17.7 Å². The van der Waals surface area contributed by atoms with Crippen molar-refractivity contribution in [3.63, 3.8) is 0 Å². The van der Waals surface area contributed by atoms with E-state index in [2.05, 4.69) is 15.7 Å². The number of aromatic nitrogens is 2. The van der Waals surface area contributed by atoms with E-state index < -0.39 is 6.04 Å². The molecule has 0 aliphatic carbocycles. The van der Waals surface area contributed by atoms with Crippen LogP contribution in [-0.2, 0) is 16.1 Å². The molecule has 1 aromatic heterocycles. The number of hydrogen-bond acceptors (Lipinski definition) is 5. The van der Waals surface area contributed by atoms with E-state index in [-0.39, 0.29) is 24.1 Å². The average Bonchev–Trinajstić information content (AvgIpc) is 3.19. The molecule has 1 aromatic carbocycles. The minimum atomic E-state index is -0.583. The summed E-state index contributed by atoms with van der Waals surface area (Å²) in [5.74, 6) is -0.813. The Kier molecular flexibility index (Phi) is 3.61. The van der Waals surface area contributed by atoms with E-state index in [4.69, 9.17) is 0 Å². The van der Waals surface area contributed by atoms with Gasteiger partial charge < -0.3 is 10.2 Å². The number of carbonyl (C=O) groups is 3. The Morgan fingerprint density at radius 1 is 1.11 bits per heavy atom. The minimum Gasteiger partial charge on any atom is -0.322 e. The van der Waals surface area contributed by atoms with Crippen molar-refractivity contribution in [3.8, 4) is 11.1 Å². The van der Waals surface area contributed by atoms with Gasteiger partial charge in [0.05, 0.1) is 12.2 Å². The number of fused-ring (bicyclic) bond motifs is 1. The highest BCUT2D eigenvalue weighted by atomic mass is 16.2. The maximum absolute atomic E-state index is 12.7. The molecule has 2 aromatic rings. The second-order valence-corrected chi connectivity index (χ2v) is 7.29. The van der Waals surface area contributed by atoms with Gasteiger partial charge in [0, 0.05) is 43.4 Å². The van der Waals surface area contributed by atoms with Crippen LogP contribution in [0.5, 0.6) is 0 Å². The van der Waals surface area contributed by atoms with E-state index in [9.17, 15) is 14.4 Å². The lowest BCUT2D eigenvalue weighted by Crippen LogP contribution is -2.52. The lowest BCUT2D eigenvalue weighted by atomic mass is 10.0. The number of amides is 3. The van der Waals surface area contributed by atoms with E-state index in [0.29, 0.717) is 24.6 Å². The van der Waals surface area contributed by atoms with Crippen LogP contribution in [0.1, 0.15) is 34.8 Å². The smallest absolute Gasteiger partial charge is 0.255 e. The molecule has 3 amide bonds. The fourth-order valence-electron chi connectivity index (χ4n) is 3.90. The summed E-state index contributed by atoms with van der Waals surface area (Å²) < 4.78 is 1.97. The van der Waals surface area contributed by atoms with E-state index in [0.717, 1.165) is 29.8 Å². The third-order valence-electron chi connectivity index (χ3n) is 5.59. The normalized spacial score (nSPS) is 22.6. The Balaban J connectivity index is 1.39. The van der Waals surface area contributed by atoms with Crippen LogP contribution in [0.4, 0.5) is 0 Å². The van der Waals surface area contributed by atoms with Crippen molar-refractivity contribution in [3.05, 3.63) is 41.7 Å². The van der Waals surface area contributed by atoms with Gasteiger partial charge in [-0.1, -0.05) is 6.07 Å². The summed E-state index contributed by atoms with van der Waals surface area (Å²) in [5.41, 5.74) is 3.54. The number of rotatable bonds is 3. The van der Waals surface area contributed by atoms with Gasteiger partial charge in [0.1, 0.15) is 6.04 Å². The average molecular weight is 365 g/mol. The van der Waals surface area contributed by atoms with Crippen molar-refractivity contribution in [2.45, 2.75) is 31.5 Å². The molecule has 3 aliphatic rings. The van der Waals surface area contributed by atoms with E-state index >= 15 is 0 Å². The van der Waals surface area contributed by atoms with Crippen molar-refractivity contribution in [2.24, 2.45) is 0 Å². The number of nitrogens with zero attached hydrogens (tertiary/aromatic N) is 3. The van der Waals surface area contributed by atoms with Gasteiger partial charge in [0.2, 0.25) is 11.8 Å². The molecule has 0 spiro atoms. The van der Waals surface area contributed by atoms with Gasteiger partial charge in [-0.15, -0.1) is 0 Å². The molecule has 2 fully saturated rings. The lowest BCUT2D eigenvalue weighted by Gasteiger charge is -2.29. The summed E-state index contributed by atoms with van der Waals surface area (Å²) in [6.07, 6.45) is 4.51. The predicted octanol–water partition coefficient (Wildman–Crippen LogP) is 0.455. The Bertz CT molecular complexity index is 962. The van der Waals surface area contributed by atoms with Crippen molar-refractivity contribution in [1.29, 1.82) is 0 Å². The zero-order valence-electron chi connectivity index (χ0n) is 14.6. The first-order valence-corrected chi connectivity index (χ1v) is 9.13. The summed E-state index contributed by atoms with van der Waals surface area (Å²) in [6, 6.07) is 5.56. The van der Waals surface area contributed by atoms with Gasteiger partial charge in [-0.05, 0) is 29.7 Å². The maximum Gasteiger partial charge on any atom is 0.255 e. The molecule has 8 heteroatoms. The third kappa shape index (κ3) is 2.64. The van der Waals surface area contributed by atoms with Gasteiger partial charge in [0.15, 0.2) is 0 Å². The van der Waals surface area contributed by atoms with Crippen molar-refractivity contribution < 1.29 is 14.4 Å². The van der Waals surface area contributed by atoms with Gasteiger partial charge in [-0.2, -0.15) is 5.10 Å². The highest BCUT2D eigenvalue weighted by molar-refractivity contribution is 6.05. The zero-order chi connectivity index (χ0) is 18.5. The standard InChI is InChI=1S/C19H19N5O3/c25-17-4-3-16(18(26)22-17)23-9-12-5-11(1-2-15(12)19(23)27)13-6-21-24(10-13)14-7-20-8-14/h1-2,5-6,10,14,16,20H,3-4,7-9H2,(H,22,25,26). The SMILES string of the molecule is O=C1CCC(N2Cc3cc(-c4cnn(C5CNC5)c4)ccc3C2=O)C(=O)N1. The molecule has 138 valence electrons. The molecule has 3 aliphatic heterocycles. The molecule has 0 radical (unpaired) electrons. The van der Waals surface area contributed by atoms with E-state index in [1.165, 1.54) is 0 Å². The number of hydrogen-bond donors (Lipinski definition) is 2. The van der Waals surface area contributed by atoms with Crippen molar-refractivity contribution in [2.75, 3.05) is 13.1 Å². The molecule has 2 N–H and O–H groups in total. The van der Waals surface area contributed by atoms with Gasteiger partial charge in [0.25, 0.3) is 5.91 Å². The van der Waals surface area contributed by atoms with Crippen LogP contribution in [-0.4, -0.2) is 51.5 Å². The summed E-state index contributed by atoms with van der Waals surface area (Å²) in [6.45, 7) is 2.25. The lowest BCUT2D eigenvalue weighted by molar-refractivity contribution is -0.136. The highest BCUT2D eigenvalue weighted by Gasteiger charge is 2.39. The number of imide groups is 1. The van der Waals surface area contributed by atoms with Crippen LogP contribution in [0.25, 0.3) is 11.1 Å². The summed E-state index contributed by atoms with van der Waals surface area (Å²) in [4.78, 5) is 37.8. The van der Waals surface area contributed by atoms with Crippen LogP contribution in [0.2, 0.25) is 0 Å². The van der Waals surface area contributed by atoms with Crippen LogP contribution in [0, 0.1) is 0 Å². The maximum atomic E-state index is 12.7. The second-order valence-electron chi connectivity index (χ2n) is 7.29. The minimum absolute atomic E-state index is 0.151. The zero-order valence-corrected chi connectivity index (χ0v) is 14.6. The molecule has 8 nitrogen and oxygen atoms in total. The van der Waals surface area contributed by atoms with Crippen molar-refractivity contribution in [1.82, 2.24) is 25.3 Å². The molecule has 5 rings (SSSR count).